The van der Waals surface area contributed by atoms with E-state index >= 15 is 0 Å². The van der Waals surface area contributed by atoms with Gasteiger partial charge in [0.1, 0.15) is 0 Å². The number of benzene rings is 1. The molecule has 2 aliphatic carbocycles. The van der Waals surface area contributed by atoms with Gasteiger partial charge in [0.05, 0.1) is 0 Å². The number of carbonyl (C=O) groups excluding carboxylic acids is 1. The lowest BCUT2D eigenvalue weighted by Crippen LogP contribution is -2.32. The first-order valence-corrected chi connectivity index (χ1v) is 7.84. The number of carbonyl (C=O) groups is 1. The van der Waals surface area contributed by atoms with Gasteiger partial charge in [-0.05, 0) is 49.3 Å². The van der Waals surface area contributed by atoms with Crippen molar-refractivity contribution in [2.24, 2.45) is 17.8 Å². The normalized spacial score (nSPS) is 27.8. The fraction of sp³-hybridized carbons (Fsp3) is 0.588. The summed E-state index contributed by atoms with van der Waals surface area (Å²) in [5, 5.41) is 0. The van der Waals surface area contributed by atoms with E-state index in [-0.39, 0.29) is 0 Å². The maximum Gasteiger partial charge on any atom is 0.226 e. The molecule has 3 nitrogen and oxygen atoms in total. The average molecular weight is 272 g/mol. The highest BCUT2D eigenvalue weighted by atomic mass is 16.2. The van der Waals surface area contributed by atoms with Gasteiger partial charge >= 0.3 is 0 Å². The van der Waals surface area contributed by atoms with Crippen LogP contribution in [0.15, 0.2) is 24.3 Å². The molecule has 1 aromatic carbocycles. The standard InChI is InChI=1S/C17H24N2O/c1-2-19(11-12-7-9-13(18)10-8-12)17(20)16-14-5-3-4-6-15(14)16/h7-10,14-16H,2-6,11,18H2,1H3. The Morgan fingerprint density at radius 2 is 1.80 bits per heavy atom. The van der Waals surface area contributed by atoms with Gasteiger partial charge in [0.25, 0.3) is 0 Å². The number of nitrogens with zero attached hydrogens (tertiary/aromatic N) is 1. The van der Waals surface area contributed by atoms with Crippen molar-refractivity contribution in [2.75, 3.05) is 12.3 Å². The molecule has 1 amide bonds. The van der Waals surface area contributed by atoms with Gasteiger partial charge in [-0.3, -0.25) is 4.79 Å². The Morgan fingerprint density at radius 1 is 1.20 bits per heavy atom. The van der Waals surface area contributed by atoms with Crippen LogP contribution in [0.4, 0.5) is 5.69 Å². The summed E-state index contributed by atoms with van der Waals surface area (Å²) in [5.74, 6) is 2.08. The van der Waals surface area contributed by atoms with E-state index in [0.717, 1.165) is 17.8 Å². The van der Waals surface area contributed by atoms with Crippen LogP contribution >= 0.6 is 0 Å². The van der Waals surface area contributed by atoms with Crippen molar-refractivity contribution < 1.29 is 4.79 Å². The van der Waals surface area contributed by atoms with E-state index in [1.165, 1.54) is 25.7 Å². The minimum Gasteiger partial charge on any atom is -0.399 e. The van der Waals surface area contributed by atoms with Crippen molar-refractivity contribution in [1.29, 1.82) is 0 Å². The molecular weight excluding hydrogens is 248 g/mol. The van der Waals surface area contributed by atoms with Gasteiger partial charge in [-0.25, -0.2) is 0 Å². The lowest BCUT2D eigenvalue weighted by atomic mass is 10.0. The quantitative estimate of drug-likeness (QED) is 0.856. The molecule has 2 unspecified atom stereocenters. The molecule has 0 bridgehead atoms. The number of amides is 1. The van der Waals surface area contributed by atoms with Crippen molar-refractivity contribution in [3.05, 3.63) is 29.8 Å². The van der Waals surface area contributed by atoms with Crippen LogP contribution in [-0.4, -0.2) is 17.4 Å². The van der Waals surface area contributed by atoms with E-state index in [1.807, 2.05) is 29.2 Å². The minimum absolute atomic E-state index is 0.325. The van der Waals surface area contributed by atoms with Crippen LogP contribution in [0.25, 0.3) is 0 Å². The predicted molar refractivity (Wildman–Crippen MR) is 80.9 cm³/mol. The van der Waals surface area contributed by atoms with Crippen LogP contribution in [0.1, 0.15) is 38.2 Å². The topological polar surface area (TPSA) is 46.3 Å². The van der Waals surface area contributed by atoms with Crippen LogP contribution in [-0.2, 0) is 11.3 Å². The average Bonchev–Trinajstić information content (AvgIpc) is 3.20. The third kappa shape index (κ3) is 2.54. The zero-order valence-electron chi connectivity index (χ0n) is 12.2. The molecule has 3 rings (SSSR count). The number of fused-ring (bicyclic) bond motifs is 1. The monoisotopic (exact) mass is 272 g/mol. The Bertz CT molecular complexity index is 470. The molecule has 1 aromatic rings. The van der Waals surface area contributed by atoms with Crippen LogP contribution in [0.5, 0.6) is 0 Å². The van der Waals surface area contributed by atoms with Gasteiger partial charge in [0.15, 0.2) is 0 Å². The van der Waals surface area contributed by atoms with Crippen LogP contribution < -0.4 is 5.73 Å². The molecule has 0 aromatic heterocycles. The van der Waals surface area contributed by atoms with E-state index in [9.17, 15) is 4.79 Å². The molecule has 2 N–H and O–H groups in total. The van der Waals surface area contributed by atoms with Gasteiger partial charge in [0.2, 0.25) is 5.91 Å². The predicted octanol–water partition coefficient (Wildman–Crippen LogP) is 3.05. The molecule has 20 heavy (non-hydrogen) atoms. The molecule has 3 heteroatoms. The zero-order chi connectivity index (χ0) is 14.1. The Labute approximate surface area is 121 Å². The van der Waals surface area contributed by atoms with Crippen molar-refractivity contribution in [2.45, 2.75) is 39.2 Å². The third-order valence-corrected chi connectivity index (χ3v) is 4.99. The molecule has 108 valence electrons. The van der Waals surface area contributed by atoms with Crippen molar-refractivity contribution >= 4 is 11.6 Å². The highest BCUT2D eigenvalue weighted by Crippen LogP contribution is 2.56. The first kappa shape index (κ1) is 13.5. The fourth-order valence-corrected chi connectivity index (χ4v) is 3.76. The summed E-state index contributed by atoms with van der Waals surface area (Å²) in [6.45, 7) is 3.58. The Kier molecular flexibility index (Phi) is 3.68. The molecule has 0 spiro atoms. The van der Waals surface area contributed by atoms with Gasteiger partial charge in [-0.1, -0.05) is 25.0 Å². The molecule has 0 aliphatic heterocycles. The molecular formula is C17H24N2O. The summed E-state index contributed by atoms with van der Waals surface area (Å²) in [5.41, 5.74) is 7.65. The van der Waals surface area contributed by atoms with Crippen molar-refractivity contribution in [3.8, 4) is 0 Å². The second-order valence-corrected chi connectivity index (χ2v) is 6.23. The smallest absolute Gasteiger partial charge is 0.226 e. The summed E-state index contributed by atoms with van der Waals surface area (Å²) in [7, 11) is 0. The number of nitrogens with two attached hydrogens (primary N) is 1. The number of hydrogen-bond donors (Lipinski definition) is 1. The number of nitrogen functional groups attached to an aromatic ring is 1. The zero-order valence-corrected chi connectivity index (χ0v) is 12.2. The summed E-state index contributed by atoms with van der Waals surface area (Å²) in [6.07, 6.45) is 5.16. The summed E-state index contributed by atoms with van der Waals surface area (Å²) < 4.78 is 0. The maximum atomic E-state index is 12.7. The summed E-state index contributed by atoms with van der Waals surface area (Å²) in [4.78, 5) is 14.7. The van der Waals surface area contributed by atoms with Gasteiger partial charge < -0.3 is 10.6 Å². The lowest BCUT2D eigenvalue weighted by molar-refractivity contribution is -0.133. The van der Waals surface area contributed by atoms with E-state index in [4.69, 9.17) is 5.73 Å². The molecule has 0 saturated heterocycles. The fourth-order valence-electron chi connectivity index (χ4n) is 3.76. The molecule has 0 radical (unpaired) electrons. The van der Waals surface area contributed by atoms with Crippen molar-refractivity contribution in [1.82, 2.24) is 4.90 Å². The first-order chi connectivity index (χ1) is 9.70. The van der Waals surface area contributed by atoms with E-state index in [1.54, 1.807) is 0 Å². The number of anilines is 1. The first-order valence-electron chi connectivity index (χ1n) is 7.84. The maximum absolute atomic E-state index is 12.7. The third-order valence-electron chi connectivity index (χ3n) is 4.99. The second kappa shape index (κ2) is 5.47. The van der Waals surface area contributed by atoms with E-state index in [2.05, 4.69) is 6.92 Å². The van der Waals surface area contributed by atoms with Crippen molar-refractivity contribution in [3.63, 3.8) is 0 Å². The summed E-state index contributed by atoms with van der Waals surface area (Å²) >= 11 is 0. The van der Waals surface area contributed by atoms with Gasteiger partial charge in [-0.15, -0.1) is 0 Å². The van der Waals surface area contributed by atoms with Gasteiger partial charge in [0, 0.05) is 24.7 Å². The number of rotatable bonds is 4. The van der Waals surface area contributed by atoms with E-state index < -0.39 is 0 Å². The molecule has 2 fully saturated rings. The second-order valence-electron chi connectivity index (χ2n) is 6.23. The van der Waals surface area contributed by atoms with Crippen LogP contribution in [0.2, 0.25) is 0 Å². The lowest BCUT2D eigenvalue weighted by Gasteiger charge is -2.21. The summed E-state index contributed by atoms with van der Waals surface area (Å²) in [6, 6.07) is 7.85. The highest BCUT2D eigenvalue weighted by Gasteiger charge is 2.55. The van der Waals surface area contributed by atoms with Crippen LogP contribution in [0, 0.1) is 17.8 Å². The minimum atomic E-state index is 0.325. The SMILES string of the molecule is CCN(Cc1ccc(N)cc1)C(=O)C1C2CCCCC21. The highest BCUT2D eigenvalue weighted by molar-refractivity contribution is 5.82. The Balaban J connectivity index is 1.64. The molecule has 2 atom stereocenters. The molecule has 2 aliphatic rings. The van der Waals surface area contributed by atoms with Gasteiger partial charge in [-0.2, -0.15) is 0 Å². The van der Waals surface area contributed by atoms with Crippen LogP contribution in [0.3, 0.4) is 0 Å². The largest absolute Gasteiger partial charge is 0.399 e. The molecule has 2 saturated carbocycles. The Hall–Kier alpha value is -1.51. The Morgan fingerprint density at radius 3 is 2.35 bits per heavy atom. The molecule has 0 heterocycles. The number of hydrogen-bond acceptors (Lipinski definition) is 2. The van der Waals surface area contributed by atoms with E-state index in [0.29, 0.717) is 30.2 Å².